The Morgan fingerprint density at radius 3 is 2.68 bits per heavy atom. The van der Waals surface area contributed by atoms with Crippen molar-refractivity contribution in [2.75, 3.05) is 0 Å². The Morgan fingerprint density at radius 1 is 1.15 bits per heavy atom. The number of aromatic nitrogens is 1. The molecule has 0 N–H and O–H groups in total. The molecule has 4 aromatic rings. The number of fused-ring (bicyclic) bond motifs is 6. The number of halogens is 1. The van der Waals surface area contributed by atoms with E-state index in [1.165, 1.54) is 18.3 Å². The standard InChI is InChI=1S/C26H19BrN2O4S/c1-14(30)22-23-18-5-3-4-6-20(18)33-26(22,2)28-25-29(23)24(31)21(34-25)13-17-11-12-19(32-17)15-7-9-16(27)10-8-15/h3-13,22-23H,1-2H3/b21-13-. The van der Waals surface area contributed by atoms with Crippen molar-refractivity contribution in [2.24, 2.45) is 10.9 Å². The molecular weight excluding hydrogens is 516 g/mol. The molecule has 0 radical (unpaired) electrons. The van der Waals surface area contributed by atoms with Crippen molar-refractivity contribution in [2.45, 2.75) is 25.6 Å². The summed E-state index contributed by atoms with van der Waals surface area (Å²) in [5.74, 6) is 1.28. The molecule has 2 bridgehead atoms. The Kier molecular flexibility index (Phi) is 4.79. The molecule has 6 nitrogen and oxygen atoms in total. The van der Waals surface area contributed by atoms with Gasteiger partial charge >= 0.3 is 0 Å². The van der Waals surface area contributed by atoms with Crippen LogP contribution in [0, 0.1) is 5.92 Å². The third-order valence-electron chi connectivity index (χ3n) is 6.35. The van der Waals surface area contributed by atoms with Crippen LogP contribution in [0.1, 0.15) is 31.2 Å². The number of thiazole rings is 1. The summed E-state index contributed by atoms with van der Waals surface area (Å²) >= 11 is 4.72. The Balaban J connectivity index is 1.51. The van der Waals surface area contributed by atoms with Crippen molar-refractivity contribution in [3.8, 4) is 17.1 Å². The summed E-state index contributed by atoms with van der Waals surface area (Å²) in [6.45, 7) is 3.35. The number of ether oxygens (including phenoxy) is 1. The van der Waals surface area contributed by atoms with E-state index in [4.69, 9.17) is 14.1 Å². The van der Waals surface area contributed by atoms with E-state index < -0.39 is 17.7 Å². The van der Waals surface area contributed by atoms with E-state index in [2.05, 4.69) is 15.9 Å². The van der Waals surface area contributed by atoms with Crippen LogP contribution in [0.5, 0.6) is 5.75 Å². The minimum absolute atomic E-state index is 0.0646. The maximum Gasteiger partial charge on any atom is 0.271 e. The average molecular weight is 535 g/mol. The van der Waals surface area contributed by atoms with Gasteiger partial charge in [0.05, 0.1) is 10.6 Å². The number of carbonyl (C=O) groups is 1. The minimum Gasteiger partial charge on any atom is -0.465 e. The Labute approximate surface area is 207 Å². The van der Waals surface area contributed by atoms with Crippen LogP contribution in [0.2, 0.25) is 0 Å². The smallest absolute Gasteiger partial charge is 0.271 e. The van der Waals surface area contributed by atoms with Crippen molar-refractivity contribution < 1.29 is 13.9 Å². The quantitative estimate of drug-likeness (QED) is 0.392. The van der Waals surface area contributed by atoms with Crippen LogP contribution >= 0.6 is 27.3 Å². The number of para-hydroxylation sites is 1. The monoisotopic (exact) mass is 534 g/mol. The van der Waals surface area contributed by atoms with E-state index >= 15 is 0 Å². The highest BCUT2D eigenvalue weighted by Crippen LogP contribution is 2.47. The second-order valence-electron chi connectivity index (χ2n) is 8.62. The molecule has 0 spiro atoms. The fraction of sp³-hybridized carbons (Fsp3) is 0.192. The maximum atomic E-state index is 13.6. The number of hydrogen-bond acceptors (Lipinski definition) is 6. The molecule has 170 valence electrons. The molecule has 2 aromatic carbocycles. The van der Waals surface area contributed by atoms with E-state index in [1.807, 2.05) is 67.6 Å². The zero-order valence-electron chi connectivity index (χ0n) is 18.3. The van der Waals surface area contributed by atoms with Gasteiger partial charge in [-0.15, -0.1) is 0 Å². The molecule has 3 atom stereocenters. The molecule has 6 rings (SSSR count). The highest BCUT2D eigenvalue weighted by atomic mass is 79.9. The highest BCUT2D eigenvalue weighted by Gasteiger charge is 2.53. The molecule has 2 aliphatic heterocycles. The van der Waals surface area contributed by atoms with E-state index in [0.717, 1.165) is 15.6 Å². The predicted octanol–water partition coefficient (Wildman–Crippen LogP) is 4.30. The topological polar surface area (TPSA) is 73.8 Å². The summed E-state index contributed by atoms with van der Waals surface area (Å²) < 4.78 is 15.3. The molecule has 34 heavy (non-hydrogen) atoms. The molecule has 0 saturated heterocycles. The Bertz CT molecular complexity index is 1630. The number of furan rings is 1. The predicted molar refractivity (Wildman–Crippen MR) is 133 cm³/mol. The van der Waals surface area contributed by atoms with Crippen LogP contribution in [0.25, 0.3) is 17.4 Å². The normalized spacial score (nSPS) is 23.0. The van der Waals surface area contributed by atoms with Crippen molar-refractivity contribution in [1.82, 2.24) is 4.57 Å². The molecule has 3 unspecified atom stereocenters. The van der Waals surface area contributed by atoms with Gasteiger partial charge in [0, 0.05) is 21.7 Å². The fourth-order valence-electron chi connectivity index (χ4n) is 4.89. The van der Waals surface area contributed by atoms with Gasteiger partial charge in [-0.3, -0.25) is 14.2 Å². The lowest BCUT2D eigenvalue weighted by Crippen LogP contribution is -2.58. The largest absolute Gasteiger partial charge is 0.465 e. The zero-order valence-corrected chi connectivity index (χ0v) is 20.7. The minimum atomic E-state index is -1.07. The van der Waals surface area contributed by atoms with Gasteiger partial charge in [-0.05, 0) is 44.2 Å². The zero-order chi connectivity index (χ0) is 23.6. The first kappa shape index (κ1) is 21.3. The number of ketones is 1. The van der Waals surface area contributed by atoms with E-state index in [9.17, 15) is 9.59 Å². The number of nitrogens with zero attached hydrogens (tertiary/aromatic N) is 2. The van der Waals surface area contributed by atoms with Crippen LogP contribution in [-0.2, 0) is 4.79 Å². The number of Topliss-reactive ketones (excluding diaryl/α,β-unsaturated/α-hetero) is 1. The van der Waals surface area contributed by atoms with E-state index in [-0.39, 0.29) is 11.3 Å². The van der Waals surface area contributed by atoms with Gasteiger partial charge in [-0.2, -0.15) is 0 Å². The molecule has 8 heteroatoms. The summed E-state index contributed by atoms with van der Waals surface area (Å²) in [5, 5.41) is 0. The second kappa shape index (κ2) is 7.65. The van der Waals surface area contributed by atoms with Gasteiger partial charge in [0.15, 0.2) is 4.80 Å². The van der Waals surface area contributed by atoms with Gasteiger partial charge in [0.1, 0.15) is 29.0 Å². The molecule has 0 fully saturated rings. The average Bonchev–Trinajstić information content (AvgIpc) is 3.37. The first-order chi connectivity index (χ1) is 16.3. The first-order valence-electron chi connectivity index (χ1n) is 10.8. The van der Waals surface area contributed by atoms with Crippen molar-refractivity contribution in [1.29, 1.82) is 0 Å². The fourth-order valence-corrected chi connectivity index (χ4v) is 6.23. The van der Waals surface area contributed by atoms with Crippen molar-refractivity contribution in [3.05, 3.63) is 96.1 Å². The van der Waals surface area contributed by atoms with Crippen molar-refractivity contribution in [3.63, 3.8) is 0 Å². The summed E-state index contributed by atoms with van der Waals surface area (Å²) in [5.41, 5.74) is 0.497. The van der Waals surface area contributed by atoms with Gasteiger partial charge < -0.3 is 9.15 Å². The van der Waals surface area contributed by atoms with Crippen LogP contribution in [-0.4, -0.2) is 16.1 Å². The van der Waals surface area contributed by atoms with Gasteiger partial charge in [0.25, 0.3) is 5.56 Å². The van der Waals surface area contributed by atoms with Crippen LogP contribution in [0.3, 0.4) is 0 Å². The van der Waals surface area contributed by atoms with Gasteiger partial charge in [0.2, 0.25) is 5.72 Å². The van der Waals surface area contributed by atoms with Crippen LogP contribution < -0.4 is 19.6 Å². The lowest BCUT2D eigenvalue weighted by molar-refractivity contribution is -0.132. The molecule has 4 heterocycles. The SMILES string of the molecule is CC(=O)C1C2c3ccccc3OC1(C)N=c1s/c(=C\c3ccc(-c4ccc(Br)cc4)o3)c(=O)n12. The van der Waals surface area contributed by atoms with E-state index in [1.54, 1.807) is 10.6 Å². The highest BCUT2D eigenvalue weighted by molar-refractivity contribution is 9.10. The third-order valence-corrected chi connectivity index (χ3v) is 7.86. The Morgan fingerprint density at radius 2 is 1.91 bits per heavy atom. The van der Waals surface area contributed by atoms with E-state index in [0.29, 0.717) is 26.6 Å². The summed E-state index contributed by atoms with van der Waals surface area (Å²) in [4.78, 5) is 31.6. The number of benzene rings is 2. The van der Waals surface area contributed by atoms with Gasteiger partial charge in [-0.1, -0.05) is 57.6 Å². The van der Waals surface area contributed by atoms with Crippen LogP contribution in [0.4, 0.5) is 0 Å². The molecule has 0 saturated carbocycles. The second-order valence-corrected chi connectivity index (χ2v) is 10.5. The Hall–Kier alpha value is -3.23. The third kappa shape index (κ3) is 3.24. The lowest BCUT2D eigenvalue weighted by Gasteiger charge is -2.45. The van der Waals surface area contributed by atoms with Crippen LogP contribution in [0.15, 0.2) is 79.3 Å². The molecule has 0 aliphatic carbocycles. The number of carbonyl (C=O) groups excluding carboxylic acids is 1. The molecule has 2 aromatic heterocycles. The number of rotatable bonds is 3. The first-order valence-corrected chi connectivity index (χ1v) is 12.4. The molecule has 0 amide bonds. The van der Waals surface area contributed by atoms with Crippen molar-refractivity contribution >= 4 is 39.1 Å². The summed E-state index contributed by atoms with van der Waals surface area (Å²) in [6.07, 6.45) is 1.73. The summed E-state index contributed by atoms with van der Waals surface area (Å²) in [7, 11) is 0. The number of hydrogen-bond donors (Lipinski definition) is 0. The maximum absolute atomic E-state index is 13.6. The van der Waals surface area contributed by atoms with Gasteiger partial charge in [-0.25, -0.2) is 4.99 Å². The lowest BCUT2D eigenvalue weighted by atomic mass is 9.79. The molecular formula is C26H19BrN2O4S. The molecule has 2 aliphatic rings. The summed E-state index contributed by atoms with van der Waals surface area (Å²) in [6, 6.07) is 18.6.